The molecule has 0 aliphatic carbocycles. The summed E-state index contributed by atoms with van der Waals surface area (Å²) in [6.07, 6.45) is 1.09. The van der Waals surface area contributed by atoms with Gasteiger partial charge in [-0.15, -0.1) is 0 Å². The minimum Gasteiger partial charge on any atom is -0.324 e. The van der Waals surface area contributed by atoms with Gasteiger partial charge in [0.1, 0.15) is 5.82 Å². The average Bonchev–Trinajstić information content (AvgIpc) is 2.66. The zero-order valence-electron chi connectivity index (χ0n) is 9.27. The molecule has 2 N–H and O–H groups in total. The van der Waals surface area contributed by atoms with Crippen LogP contribution in [0.15, 0.2) is 24.3 Å². The van der Waals surface area contributed by atoms with Crippen molar-refractivity contribution in [3.05, 3.63) is 30.1 Å². The first kappa shape index (κ1) is 10.2. The van der Waals surface area contributed by atoms with Crippen LogP contribution >= 0.6 is 0 Å². The first-order valence-corrected chi connectivity index (χ1v) is 5.43. The van der Waals surface area contributed by atoms with Crippen LogP contribution in [0.1, 0.15) is 32.1 Å². The molecule has 2 aromatic rings. The molecule has 1 aromatic heterocycles. The molecule has 0 spiro atoms. The van der Waals surface area contributed by atoms with Crippen molar-refractivity contribution in [2.75, 3.05) is 0 Å². The van der Waals surface area contributed by atoms with Crippen LogP contribution < -0.4 is 5.73 Å². The van der Waals surface area contributed by atoms with Gasteiger partial charge in [0.15, 0.2) is 0 Å². The molecule has 0 aliphatic rings. The number of fused-ring (bicyclic) bond motifs is 1. The van der Waals surface area contributed by atoms with Gasteiger partial charge in [-0.3, -0.25) is 0 Å². The summed E-state index contributed by atoms with van der Waals surface area (Å²) in [6.45, 7) is 4.88. The summed E-state index contributed by atoms with van der Waals surface area (Å²) in [6, 6.07) is 8.65. The van der Waals surface area contributed by atoms with Crippen LogP contribution in [0.5, 0.6) is 0 Å². The van der Waals surface area contributed by atoms with Crippen molar-refractivity contribution in [3.8, 4) is 0 Å². The minimum atomic E-state index is 0.455. The van der Waals surface area contributed by atoms with Crippen molar-refractivity contribution >= 4 is 11.0 Å². The van der Waals surface area contributed by atoms with Crippen LogP contribution in [0.4, 0.5) is 0 Å². The van der Waals surface area contributed by atoms with Gasteiger partial charge in [0, 0.05) is 6.04 Å². The summed E-state index contributed by atoms with van der Waals surface area (Å²) in [5, 5.41) is 0. The van der Waals surface area contributed by atoms with E-state index >= 15 is 0 Å². The van der Waals surface area contributed by atoms with Crippen LogP contribution in [-0.2, 0) is 6.54 Å². The van der Waals surface area contributed by atoms with E-state index in [4.69, 9.17) is 5.73 Å². The number of imidazole rings is 1. The number of rotatable bonds is 3. The van der Waals surface area contributed by atoms with Gasteiger partial charge in [-0.25, -0.2) is 4.98 Å². The third-order valence-electron chi connectivity index (χ3n) is 2.88. The van der Waals surface area contributed by atoms with Gasteiger partial charge in [0.2, 0.25) is 0 Å². The Morgan fingerprint density at radius 3 is 2.80 bits per heavy atom. The smallest absolute Gasteiger partial charge is 0.123 e. The summed E-state index contributed by atoms with van der Waals surface area (Å²) in [4.78, 5) is 4.54. The van der Waals surface area contributed by atoms with E-state index in [1.165, 1.54) is 5.52 Å². The molecule has 2 rings (SSSR count). The van der Waals surface area contributed by atoms with Crippen LogP contribution in [0.3, 0.4) is 0 Å². The van der Waals surface area contributed by atoms with Gasteiger partial charge in [-0.2, -0.15) is 0 Å². The summed E-state index contributed by atoms with van der Waals surface area (Å²) in [5.41, 5.74) is 7.95. The highest BCUT2D eigenvalue weighted by Gasteiger charge is 2.12. The van der Waals surface area contributed by atoms with Crippen molar-refractivity contribution in [1.29, 1.82) is 0 Å². The molecule has 1 atom stereocenters. The third-order valence-corrected chi connectivity index (χ3v) is 2.88. The molecular weight excluding hydrogens is 186 g/mol. The summed E-state index contributed by atoms with van der Waals surface area (Å²) >= 11 is 0. The Labute approximate surface area is 89.9 Å². The lowest BCUT2D eigenvalue weighted by molar-refractivity contribution is 0.522. The molecule has 0 saturated carbocycles. The second-order valence-corrected chi connectivity index (χ2v) is 3.85. The Balaban J connectivity index is 2.66. The molecular formula is C12H17N3. The molecule has 0 amide bonds. The quantitative estimate of drug-likeness (QED) is 0.832. The maximum Gasteiger partial charge on any atom is 0.123 e. The van der Waals surface area contributed by atoms with E-state index in [1.54, 1.807) is 0 Å². The van der Waals surface area contributed by atoms with Gasteiger partial charge in [0.05, 0.1) is 17.6 Å². The zero-order chi connectivity index (χ0) is 10.8. The Kier molecular flexibility index (Phi) is 2.73. The van der Waals surface area contributed by atoms with Crippen molar-refractivity contribution in [1.82, 2.24) is 9.55 Å². The highest BCUT2D eigenvalue weighted by Crippen LogP contribution is 2.22. The molecule has 1 unspecified atom stereocenters. The molecule has 0 saturated heterocycles. The summed E-state index contributed by atoms with van der Waals surface area (Å²) in [7, 11) is 0. The summed E-state index contributed by atoms with van der Waals surface area (Å²) < 4.78 is 2.25. The van der Waals surface area contributed by atoms with E-state index in [-0.39, 0.29) is 0 Å². The Morgan fingerprint density at radius 2 is 2.13 bits per heavy atom. The molecule has 1 aromatic carbocycles. The molecule has 1 heterocycles. The highest BCUT2D eigenvalue weighted by atomic mass is 15.1. The van der Waals surface area contributed by atoms with Gasteiger partial charge in [-0.1, -0.05) is 19.1 Å². The van der Waals surface area contributed by atoms with Crippen LogP contribution in [0.2, 0.25) is 0 Å². The number of nitrogens with zero attached hydrogens (tertiary/aromatic N) is 2. The number of nitrogens with two attached hydrogens (primary N) is 1. The Hall–Kier alpha value is -1.35. The first-order chi connectivity index (χ1) is 7.27. The second-order valence-electron chi connectivity index (χ2n) is 3.85. The number of hydrogen-bond donors (Lipinski definition) is 1. The van der Waals surface area contributed by atoms with Gasteiger partial charge < -0.3 is 10.3 Å². The Bertz CT molecular complexity index is 459. The molecule has 0 radical (unpaired) electrons. The van der Waals surface area contributed by atoms with Gasteiger partial charge in [-0.05, 0) is 25.5 Å². The SMILES string of the molecule is CCC(C)n1c(CN)nc2ccccc21. The fourth-order valence-corrected chi connectivity index (χ4v) is 1.91. The van der Waals surface area contributed by atoms with E-state index in [0.717, 1.165) is 17.8 Å². The molecule has 3 heteroatoms. The van der Waals surface area contributed by atoms with Gasteiger partial charge in [0.25, 0.3) is 0 Å². The number of benzene rings is 1. The molecule has 0 fully saturated rings. The van der Waals surface area contributed by atoms with Crippen LogP contribution in [0, 0.1) is 0 Å². The Morgan fingerprint density at radius 1 is 1.40 bits per heavy atom. The minimum absolute atomic E-state index is 0.455. The monoisotopic (exact) mass is 203 g/mol. The van der Waals surface area contributed by atoms with Crippen molar-refractivity contribution < 1.29 is 0 Å². The largest absolute Gasteiger partial charge is 0.324 e. The number of aromatic nitrogens is 2. The van der Waals surface area contributed by atoms with Crippen molar-refractivity contribution in [3.63, 3.8) is 0 Å². The van der Waals surface area contributed by atoms with Crippen LogP contribution in [-0.4, -0.2) is 9.55 Å². The second kappa shape index (κ2) is 4.03. The molecule has 0 bridgehead atoms. The van der Waals surface area contributed by atoms with Gasteiger partial charge >= 0.3 is 0 Å². The lowest BCUT2D eigenvalue weighted by Gasteiger charge is -2.14. The fourth-order valence-electron chi connectivity index (χ4n) is 1.91. The lowest BCUT2D eigenvalue weighted by Crippen LogP contribution is -2.11. The first-order valence-electron chi connectivity index (χ1n) is 5.43. The number of para-hydroxylation sites is 2. The lowest BCUT2D eigenvalue weighted by atomic mass is 10.2. The van der Waals surface area contributed by atoms with Crippen molar-refractivity contribution in [2.24, 2.45) is 5.73 Å². The molecule has 80 valence electrons. The molecule has 15 heavy (non-hydrogen) atoms. The fraction of sp³-hybridized carbons (Fsp3) is 0.417. The van der Waals surface area contributed by atoms with E-state index in [1.807, 2.05) is 18.2 Å². The van der Waals surface area contributed by atoms with E-state index in [2.05, 4.69) is 29.5 Å². The zero-order valence-corrected chi connectivity index (χ0v) is 9.27. The topological polar surface area (TPSA) is 43.8 Å². The van der Waals surface area contributed by atoms with E-state index < -0.39 is 0 Å². The maximum absolute atomic E-state index is 5.72. The predicted molar refractivity (Wildman–Crippen MR) is 62.6 cm³/mol. The highest BCUT2D eigenvalue weighted by molar-refractivity contribution is 5.76. The average molecular weight is 203 g/mol. The normalized spacial score (nSPS) is 13.3. The molecule has 3 nitrogen and oxygen atoms in total. The third kappa shape index (κ3) is 1.63. The maximum atomic E-state index is 5.72. The van der Waals surface area contributed by atoms with E-state index in [0.29, 0.717) is 12.6 Å². The number of hydrogen-bond acceptors (Lipinski definition) is 2. The standard InChI is InChI=1S/C12H17N3/c1-3-9(2)15-11-7-5-4-6-10(11)14-12(15)8-13/h4-7,9H,3,8,13H2,1-2H3. The predicted octanol–water partition coefficient (Wildman–Crippen LogP) is 2.47. The van der Waals surface area contributed by atoms with Crippen molar-refractivity contribution in [2.45, 2.75) is 32.9 Å². The van der Waals surface area contributed by atoms with E-state index in [9.17, 15) is 0 Å². The molecule has 0 aliphatic heterocycles. The summed E-state index contributed by atoms with van der Waals surface area (Å²) in [5.74, 6) is 0.977. The van der Waals surface area contributed by atoms with Crippen LogP contribution in [0.25, 0.3) is 11.0 Å².